The van der Waals surface area contributed by atoms with Crippen molar-refractivity contribution in [3.63, 3.8) is 0 Å². The lowest BCUT2D eigenvalue weighted by molar-refractivity contribution is -0.328. The van der Waals surface area contributed by atoms with E-state index in [0.29, 0.717) is 0 Å². The van der Waals surface area contributed by atoms with E-state index in [1.165, 1.54) is 40.0 Å². The van der Waals surface area contributed by atoms with Gasteiger partial charge in [-0.3, -0.25) is 4.90 Å². The molecule has 5 rings (SSSR count). The minimum Gasteiger partial charge on any atom is -0.373 e. The van der Waals surface area contributed by atoms with Crippen LogP contribution in [0.2, 0.25) is 0 Å². The third-order valence-electron chi connectivity index (χ3n) is 5.17. The first-order chi connectivity index (χ1) is 12.4. The van der Waals surface area contributed by atoms with Gasteiger partial charge in [0, 0.05) is 5.56 Å². The summed E-state index contributed by atoms with van der Waals surface area (Å²) < 4.78 is 6.70. The molecule has 0 atom stereocenters. The standard InChI is InChI=1S/C17H19N5OS2/c1-24-17-14-13(19-21-20-17)12-10-4-2-3-5-11(10)15(18-16(12)25-14)22-6-8-23-9-7-22/h2-9H2,1H3/p+1. The van der Waals surface area contributed by atoms with Gasteiger partial charge in [-0.15, -0.1) is 22.0 Å². The minimum absolute atomic E-state index is 0.805. The number of thiophene rings is 1. The second kappa shape index (κ2) is 6.34. The number of ether oxygens (including phenoxy) is 1. The number of hydrogen-bond donors (Lipinski definition) is 0. The molecule has 0 saturated carbocycles. The van der Waals surface area contributed by atoms with Crippen molar-refractivity contribution >= 4 is 49.3 Å². The predicted octanol–water partition coefficient (Wildman–Crippen LogP) is 2.49. The van der Waals surface area contributed by atoms with Gasteiger partial charge in [-0.2, -0.15) is 0 Å². The van der Waals surface area contributed by atoms with Crippen molar-refractivity contribution in [1.29, 1.82) is 0 Å². The van der Waals surface area contributed by atoms with E-state index in [-0.39, 0.29) is 0 Å². The van der Waals surface area contributed by atoms with Crippen LogP contribution in [0.5, 0.6) is 0 Å². The Bertz CT molecular complexity index is 951. The zero-order valence-electron chi connectivity index (χ0n) is 14.2. The molecule has 6 nitrogen and oxygen atoms in total. The van der Waals surface area contributed by atoms with E-state index in [1.54, 1.807) is 23.1 Å². The zero-order valence-corrected chi connectivity index (χ0v) is 15.8. The van der Waals surface area contributed by atoms with Crippen LogP contribution >= 0.6 is 23.1 Å². The largest absolute Gasteiger partial charge is 0.373 e. The molecule has 1 aliphatic carbocycles. The lowest BCUT2D eigenvalue weighted by Gasteiger charge is -2.25. The molecule has 0 aromatic carbocycles. The highest BCUT2D eigenvalue weighted by Crippen LogP contribution is 2.40. The van der Waals surface area contributed by atoms with Gasteiger partial charge in [-0.05, 0) is 42.7 Å². The number of nitrogens with zero attached hydrogens (tertiary/aromatic N) is 4. The SMILES string of the molecule is CSc1nnnc2c1sc1[nH+]c(N3CCOCC3)c3c(c12)CCCC3. The lowest BCUT2D eigenvalue weighted by Crippen LogP contribution is -2.40. The number of aromatic nitrogens is 4. The first-order valence-electron chi connectivity index (χ1n) is 8.76. The molecule has 0 amide bonds. The number of aromatic amines is 1. The lowest BCUT2D eigenvalue weighted by atomic mass is 9.90. The van der Waals surface area contributed by atoms with Crippen LogP contribution in [-0.4, -0.2) is 48.0 Å². The molecule has 1 aliphatic heterocycles. The summed E-state index contributed by atoms with van der Waals surface area (Å²) in [6, 6.07) is 0. The Balaban J connectivity index is 1.80. The van der Waals surface area contributed by atoms with Crippen molar-refractivity contribution in [2.45, 2.75) is 30.7 Å². The Morgan fingerprint density at radius 2 is 1.92 bits per heavy atom. The average Bonchev–Trinajstić information content (AvgIpc) is 3.07. The molecule has 0 bridgehead atoms. The molecular formula is C17H20N5OS2+. The van der Waals surface area contributed by atoms with Crippen molar-refractivity contribution in [3.05, 3.63) is 11.1 Å². The van der Waals surface area contributed by atoms with Gasteiger partial charge in [0.25, 0.3) is 5.82 Å². The van der Waals surface area contributed by atoms with Crippen molar-refractivity contribution in [2.24, 2.45) is 0 Å². The quantitative estimate of drug-likeness (QED) is 0.642. The summed E-state index contributed by atoms with van der Waals surface area (Å²) in [6.07, 6.45) is 6.82. The number of H-pyrrole nitrogens is 1. The highest BCUT2D eigenvalue weighted by molar-refractivity contribution is 7.98. The van der Waals surface area contributed by atoms with Crippen molar-refractivity contribution in [1.82, 2.24) is 15.4 Å². The van der Waals surface area contributed by atoms with Crippen LogP contribution in [0.15, 0.2) is 5.03 Å². The molecule has 4 heterocycles. The summed E-state index contributed by atoms with van der Waals surface area (Å²) in [5, 5.41) is 14.9. The van der Waals surface area contributed by atoms with Crippen LogP contribution in [-0.2, 0) is 17.6 Å². The van der Waals surface area contributed by atoms with E-state index >= 15 is 0 Å². The highest BCUT2D eigenvalue weighted by Gasteiger charge is 2.30. The van der Waals surface area contributed by atoms with Gasteiger partial charge in [0.05, 0.1) is 23.3 Å². The molecule has 8 heteroatoms. The molecule has 1 saturated heterocycles. The number of thioether (sulfide) groups is 1. The molecule has 0 spiro atoms. The van der Waals surface area contributed by atoms with Crippen LogP contribution in [0, 0.1) is 0 Å². The molecular weight excluding hydrogens is 354 g/mol. The Labute approximate surface area is 154 Å². The summed E-state index contributed by atoms with van der Waals surface area (Å²) in [6.45, 7) is 3.52. The molecule has 3 aromatic heterocycles. The summed E-state index contributed by atoms with van der Waals surface area (Å²) in [7, 11) is 0. The fraction of sp³-hybridized carbons (Fsp3) is 0.529. The van der Waals surface area contributed by atoms with Crippen LogP contribution in [0.4, 0.5) is 5.82 Å². The van der Waals surface area contributed by atoms with Crippen LogP contribution in [0.25, 0.3) is 20.4 Å². The second-order valence-electron chi connectivity index (χ2n) is 6.52. The first-order valence-corrected chi connectivity index (χ1v) is 10.8. The fourth-order valence-corrected chi connectivity index (χ4v) is 5.82. The molecule has 130 valence electrons. The van der Waals surface area contributed by atoms with E-state index < -0.39 is 0 Å². The third-order valence-corrected chi connectivity index (χ3v) is 7.07. The molecule has 1 fully saturated rings. The zero-order chi connectivity index (χ0) is 16.8. The summed E-state index contributed by atoms with van der Waals surface area (Å²) in [5.41, 5.74) is 3.97. The number of pyridine rings is 1. The van der Waals surface area contributed by atoms with Crippen molar-refractivity contribution in [3.8, 4) is 0 Å². The maximum absolute atomic E-state index is 5.55. The van der Waals surface area contributed by atoms with Crippen molar-refractivity contribution in [2.75, 3.05) is 37.5 Å². The van der Waals surface area contributed by atoms with Gasteiger partial charge < -0.3 is 4.74 Å². The van der Waals surface area contributed by atoms with Crippen LogP contribution in [0.1, 0.15) is 24.0 Å². The maximum Gasteiger partial charge on any atom is 0.279 e. The van der Waals surface area contributed by atoms with E-state index in [4.69, 9.17) is 4.74 Å². The second-order valence-corrected chi connectivity index (χ2v) is 8.34. The topological polar surface area (TPSA) is 65.3 Å². The van der Waals surface area contributed by atoms with E-state index in [1.807, 2.05) is 6.26 Å². The summed E-state index contributed by atoms with van der Waals surface area (Å²) in [4.78, 5) is 7.41. The average molecular weight is 375 g/mol. The van der Waals surface area contributed by atoms with E-state index in [9.17, 15) is 0 Å². The van der Waals surface area contributed by atoms with Crippen molar-refractivity contribution < 1.29 is 9.72 Å². The number of rotatable bonds is 2. The number of fused-ring (bicyclic) bond motifs is 5. The fourth-order valence-electron chi connectivity index (χ4n) is 4.00. The smallest absolute Gasteiger partial charge is 0.279 e. The molecule has 0 radical (unpaired) electrons. The Morgan fingerprint density at radius 1 is 1.12 bits per heavy atom. The molecule has 3 aromatic rings. The molecule has 1 N–H and O–H groups in total. The summed E-state index contributed by atoms with van der Waals surface area (Å²) >= 11 is 3.40. The third kappa shape index (κ3) is 2.50. The number of aryl methyl sites for hydroxylation is 1. The van der Waals surface area contributed by atoms with Gasteiger partial charge in [0.2, 0.25) is 0 Å². The molecule has 0 unspecified atom stereocenters. The van der Waals surface area contributed by atoms with Gasteiger partial charge >= 0.3 is 0 Å². The van der Waals surface area contributed by atoms with E-state index in [0.717, 1.165) is 54.4 Å². The monoisotopic (exact) mass is 374 g/mol. The van der Waals surface area contributed by atoms with Crippen LogP contribution < -0.4 is 9.88 Å². The van der Waals surface area contributed by atoms with Gasteiger partial charge in [0.15, 0.2) is 4.83 Å². The highest BCUT2D eigenvalue weighted by atomic mass is 32.2. The molecule has 2 aliphatic rings. The molecule has 25 heavy (non-hydrogen) atoms. The number of nitrogens with one attached hydrogen (secondary N) is 1. The number of morpholine rings is 1. The van der Waals surface area contributed by atoms with Gasteiger partial charge in [-0.1, -0.05) is 11.3 Å². The maximum atomic E-state index is 5.55. The van der Waals surface area contributed by atoms with E-state index in [2.05, 4.69) is 25.3 Å². The van der Waals surface area contributed by atoms with Gasteiger partial charge in [-0.25, -0.2) is 4.98 Å². The predicted molar refractivity (Wildman–Crippen MR) is 101 cm³/mol. The Morgan fingerprint density at radius 3 is 2.72 bits per heavy atom. The summed E-state index contributed by atoms with van der Waals surface area (Å²) in [5.74, 6) is 1.30. The van der Waals surface area contributed by atoms with Crippen LogP contribution in [0.3, 0.4) is 0 Å². The normalized spacial score (nSPS) is 18.0. The Kier molecular flexibility index (Phi) is 3.98. The van der Waals surface area contributed by atoms with Gasteiger partial charge in [0.1, 0.15) is 23.6 Å². The Hall–Kier alpha value is -1.51. The first kappa shape index (κ1) is 15.7. The number of anilines is 1. The minimum atomic E-state index is 0.805. The number of hydrogen-bond acceptors (Lipinski definition) is 7.